The van der Waals surface area contributed by atoms with Gasteiger partial charge in [0.2, 0.25) is 5.24 Å². The van der Waals surface area contributed by atoms with Crippen LogP contribution < -0.4 is 31.1 Å². The van der Waals surface area contributed by atoms with E-state index in [9.17, 15) is 63.5 Å². The largest absolute Gasteiger partial charge is 0.573 e. The van der Waals surface area contributed by atoms with Gasteiger partial charge in [-0.1, -0.05) is 145 Å². The van der Waals surface area contributed by atoms with E-state index >= 15 is 0 Å². The Balaban J connectivity index is 0.000000235. The third kappa shape index (κ3) is 29.4. The van der Waals surface area contributed by atoms with Crippen LogP contribution in [0.5, 0.6) is 17.2 Å². The average Bonchev–Trinajstić information content (AvgIpc) is 1.01. The SMILES string of the molecule is C1CCOC1.C=CC(=O)Cl.C=CC(=O)OCCCc1ccc2cc(-c3ccc(CCCCC)cc3OC(F)(F)F)c(=O)oc2c1.CCCCCc1ccc(-c2cc3ccc(C#CCO)cc3oc2=O)c(OC(F)(F)F)c1.CCCCCc1ccc(-c2cc3ccc(CCCO)cc3oc2=O)c(OC(F)(F)F)c1. The van der Waals surface area contributed by atoms with Gasteiger partial charge in [-0.15, -0.1) is 39.5 Å². The van der Waals surface area contributed by atoms with Crippen LogP contribution in [0.2, 0.25) is 0 Å². The zero-order chi connectivity index (χ0) is 78.1. The highest BCUT2D eigenvalue weighted by Crippen LogP contribution is 2.39. The highest BCUT2D eigenvalue weighted by atomic mass is 35.5. The van der Waals surface area contributed by atoms with Crippen LogP contribution in [0.4, 0.5) is 39.5 Å². The molecule has 10 rings (SSSR count). The monoisotopic (exact) mass is 1510 g/mol. The summed E-state index contributed by atoms with van der Waals surface area (Å²) in [5.74, 6) is 3.44. The van der Waals surface area contributed by atoms with Crippen molar-refractivity contribution in [2.24, 2.45) is 0 Å². The molecular formula is C82H84ClF9O15. The van der Waals surface area contributed by atoms with E-state index in [0.29, 0.717) is 89.0 Å². The second-order valence-corrected chi connectivity index (χ2v) is 24.8. The normalized spacial score (nSPS) is 11.8. The summed E-state index contributed by atoms with van der Waals surface area (Å²) >= 11 is 4.71. The lowest BCUT2D eigenvalue weighted by Crippen LogP contribution is -2.18. The second-order valence-electron chi connectivity index (χ2n) is 24.4. The number of rotatable bonds is 27. The number of ether oxygens (including phenoxy) is 5. The Hall–Kier alpha value is -9.93. The smallest absolute Gasteiger partial charge is 0.463 e. The first kappa shape index (κ1) is 86.0. The summed E-state index contributed by atoms with van der Waals surface area (Å²) in [7, 11) is 0. The number of fused-ring (bicyclic) bond motifs is 3. The molecule has 3 aromatic heterocycles. The minimum atomic E-state index is -4.90. The number of carbonyl (C=O) groups excluding carboxylic acids is 2. The molecule has 572 valence electrons. The van der Waals surface area contributed by atoms with Crippen molar-refractivity contribution in [2.75, 3.05) is 33.0 Å². The molecule has 1 aliphatic heterocycles. The van der Waals surface area contributed by atoms with E-state index in [1.807, 2.05) is 26.0 Å². The zero-order valence-electron chi connectivity index (χ0n) is 59.4. The fourth-order valence-electron chi connectivity index (χ4n) is 11.0. The second kappa shape index (κ2) is 43.0. The maximum absolute atomic E-state index is 13.1. The van der Waals surface area contributed by atoms with E-state index < -0.39 is 64.4 Å². The van der Waals surface area contributed by atoms with E-state index in [0.717, 1.165) is 99.8 Å². The van der Waals surface area contributed by atoms with Gasteiger partial charge < -0.3 is 47.1 Å². The minimum Gasteiger partial charge on any atom is -0.463 e. The van der Waals surface area contributed by atoms with Crippen molar-refractivity contribution < 1.29 is 96.3 Å². The third-order valence-electron chi connectivity index (χ3n) is 16.2. The Labute approximate surface area is 617 Å². The van der Waals surface area contributed by atoms with Gasteiger partial charge in [0.1, 0.15) is 40.6 Å². The molecule has 4 heterocycles. The number of carbonyl (C=O) groups is 2. The molecule has 6 aromatic carbocycles. The summed E-state index contributed by atoms with van der Waals surface area (Å²) in [5, 5.41) is 18.9. The van der Waals surface area contributed by atoms with Crippen molar-refractivity contribution in [2.45, 2.75) is 155 Å². The molecule has 0 spiro atoms. The van der Waals surface area contributed by atoms with E-state index in [1.54, 1.807) is 54.6 Å². The molecule has 1 fully saturated rings. The number of halogens is 10. The summed E-state index contributed by atoms with van der Waals surface area (Å²) in [5.41, 5.74) is 3.07. The molecule has 0 aliphatic carbocycles. The molecule has 0 unspecified atom stereocenters. The first-order valence-electron chi connectivity index (χ1n) is 34.9. The fourth-order valence-corrected chi connectivity index (χ4v) is 11.0. The van der Waals surface area contributed by atoms with Crippen LogP contribution >= 0.6 is 11.6 Å². The first-order valence-corrected chi connectivity index (χ1v) is 35.2. The van der Waals surface area contributed by atoms with Crippen molar-refractivity contribution in [3.63, 3.8) is 0 Å². The summed E-state index contributed by atoms with van der Waals surface area (Å²) < 4.78 is 156. The quantitative estimate of drug-likeness (QED) is 0.00932. The average molecular weight is 1520 g/mol. The number of aliphatic hydroxyl groups is 2. The molecule has 0 amide bonds. The molecule has 2 N–H and O–H groups in total. The van der Waals surface area contributed by atoms with Crippen LogP contribution in [0.15, 0.2) is 180 Å². The number of allylic oxidation sites excluding steroid dienone is 1. The third-order valence-corrected chi connectivity index (χ3v) is 16.3. The minimum absolute atomic E-state index is 0.00923. The number of hydrogen-bond donors (Lipinski definition) is 2. The predicted octanol–water partition coefficient (Wildman–Crippen LogP) is 19.9. The van der Waals surface area contributed by atoms with Crippen LogP contribution in [0.25, 0.3) is 66.3 Å². The Bertz CT molecular complexity index is 4670. The van der Waals surface area contributed by atoms with Crippen molar-refractivity contribution in [1.82, 2.24) is 0 Å². The van der Waals surface area contributed by atoms with Crippen LogP contribution in [0, 0.1) is 11.8 Å². The summed E-state index contributed by atoms with van der Waals surface area (Å²) in [6.45, 7) is 14.5. The maximum Gasteiger partial charge on any atom is 0.573 e. The number of unbranched alkanes of at least 4 members (excludes halogenated alkanes) is 6. The number of aliphatic hydroxyl groups excluding tert-OH is 2. The Morgan fingerprint density at radius 2 is 0.813 bits per heavy atom. The van der Waals surface area contributed by atoms with Crippen LogP contribution in [-0.2, 0) is 51.2 Å². The number of aryl methyl sites for hydroxylation is 5. The summed E-state index contributed by atoms with van der Waals surface area (Å²) in [4.78, 5) is 58.5. The van der Waals surface area contributed by atoms with Gasteiger partial charge in [0.25, 0.3) is 0 Å². The van der Waals surface area contributed by atoms with E-state index in [1.165, 1.54) is 73.5 Å². The molecule has 9 aromatic rings. The summed E-state index contributed by atoms with van der Waals surface area (Å²) in [6.07, 6.45) is 2.68. The zero-order valence-corrected chi connectivity index (χ0v) is 60.2. The molecule has 107 heavy (non-hydrogen) atoms. The molecule has 25 heteroatoms. The number of benzene rings is 6. The molecule has 0 saturated carbocycles. The van der Waals surface area contributed by atoms with Crippen LogP contribution in [0.3, 0.4) is 0 Å². The van der Waals surface area contributed by atoms with Gasteiger partial charge in [-0.2, -0.15) is 0 Å². The van der Waals surface area contributed by atoms with Crippen molar-refractivity contribution in [3.8, 4) is 62.5 Å². The van der Waals surface area contributed by atoms with Gasteiger partial charge in [0, 0.05) is 64.3 Å². The van der Waals surface area contributed by atoms with Gasteiger partial charge in [-0.05, 0) is 189 Å². The van der Waals surface area contributed by atoms with Gasteiger partial charge in [-0.25, -0.2) is 19.2 Å². The number of alkyl halides is 9. The first-order chi connectivity index (χ1) is 51.1. The van der Waals surface area contributed by atoms with E-state index in [4.69, 9.17) is 44.5 Å². The maximum atomic E-state index is 13.1. The molecule has 1 aliphatic rings. The lowest BCUT2D eigenvalue weighted by Gasteiger charge is -2.15. The highest BCUT2D eigenvalue weighted by Gasteiger charge is 2.35. The topological polar surface area (TPSA) is 211 Å². The molecule has 1 saturated heterocycles. The lowest BCUT2D eigenvalue weighted by atomic mass is 9.99. The Kier molecular flexibility index (Phi) is 34.6. The Morgan fingerprint density at radius 3 is 1.14 bits per heavy atom. The molecule has 0 atom stereocenters. The van der Waals surface area contributed by atoms with Crippen LogP contribution in [-0.4, -0.2) is 73.5 Å². The summed E-state index contributed by atoms with van der Waals surface area (Å²) in [6, 6.07) is 33.4. The standard InChI is InChI=1S/C27H27F3O5.C24H25F3O4.C24H21F3O4.C4H8O.C3H3ClO/c1-3-5-6-8-18-11-13-21(24(16-18)35-27(28,29)30)22-17-20-12-10-19(15-23(20)34-26(22)32)9-7-14-33-25(31)4-2;2*1-2-3-4-6-16-9-11-19(22(14-16)31-24(25,26)27)20-15-18-10-8-17(7-5-12-28)13-21(18)30-23(20)29;1-2-4-5-3-1;1-2-3(4)5/h4,10-13,15-17H,2-3,5-9,14H2,1H3;8-11,13-15,28H,2-7,12H2,1H3;8-11,13-15,28H,2-4,6,12H2,1H3;1-4H2;2H,1H2. The van der Waals surface area contributed by atoms with Gasteiger partial charge in [0.05, 0.1) is 23.3 Å². The van der Waals surface area contributed by atoms with Gasteiger partial charge in [0.15, 0.2) is 0 Å². The molecule has 0 radical (unpaired) electrons. The van der Waals surface area contributed by atoms with E-state index in [-0.39, 0.29) is 58.8 Å². The lowest BCUT2D eigenvalue weighted by molar-refractivity contribution is -0.275. The van der Waals surface area contributed by atoms with Crippen molar-refractivity contribution >= 4 is 55.7 Å². The molecule has 0 bridgehead atoms. The van der Waals surface area contributed by atoms with Crippen molar-refractivity contribution in [3.05, 3.63) is 217 Å². The number of hydrogen-bond acceptors (Lipinski definition) is 15. The molecular weight excluding hydrogens is 1430 g/mol. The predicted molar refractivity (Wildman–Crippen MR) is 393 cm³/mol. The van der Waals surface area contributed by atoms with Crippen LogP contribution in [0.1, 0.15) is 138 Å². The van der Waals surface area contributed by atoms with E-state index in [2.05, 4.69) is 46.1 Å². The van der Waals surface area contributed by atoms with Gasteiger partial charge >= 0.3 is 41.9 Å². The Morgan fingerprint density at radius 1 is 0.467 bits per heavy atom. The molecule has 15 nitrogen and oxygen atoms in total. The number of esters is 1. The van der Waals surface area contributed by atoms with Gasteiger partial charge in [-0.3, -0.25) is 4.79 Å². The van der Waals surface area contributed by atoms with Crippen molar-refractivity contribution in [1.29, 1.82) is 0 Å². The fraction of sp³-hybridized carbons (Fsp3) is 0.354. The highest BCUT2D eigenvalue weighted by molar-refractivity contribution is 6.66.